The minimum absolute atomic E-state index is 0. The smallest absolute Gasteiger partial charge is 0.145 e. The van der Waals surface area contributed by atoms with Gasteiger partial charge in [-0.1, -0.05) is 102 Å². The molecule has 1 aromatic rings. The Kier molecular flexibility index (Phi) is 16.0. The first-order valence-corrected chi connectivity index (χ1v) is 12.2. The van der Waals surface area contributed by atoms with Crippen molar-refractivity contribution in [2.45, 2.75) is 90.2 Å². The molecule has 0 aromatic heterocycles. The lowest BCUT2D eigenvalue weighted by atomic mass is 10.0. The lowest BCUT2D eigenvalue weighted by molar-refractivity contribution is -0.00000543. The number of hydrogen-bond donors (Lipinski definition) is 0. The van der Waals surface area contributed by atoms with Gasteiger partial charge in [0.05, 0.1) is 6.26 Å². The van der Waals surface area contributed by atoms with Gasteiger partial charge in [-0.05, 0) is 23.7 Å². The molecule has 0 bridgehead atoms. The maximum Gasteiger partial charge on any atom is 0.145 e. The molecular formula is C23H41ClS. The summed E-state index contributed by atoms with van der Waals surface area (Å²) < 4.78 is 0. The summed E-state index contributed by atoms with van der Waals surface area (Å²) in [5, 5.41) is 0.741. The molecule has 0 heterocycles. The van der Waals surface area contributed by atoms with E-state index in [2.05, 4.69) is 57.4 Å². The second-order valence-electron chi connectivity index (χ2n) is 7.65. The summed E-state index contributed by atoms with van der Waals surface area (Å²) in [5.74, 6) is 2.15. The molecule has 0 amide bonds. The summed E-state index contributed by atoms with van der Waals surface area (Å²) in [7, 11) is 0.498. The molecule has 0 aliphatic carbocycles. The Morgan fingerprint density at radius 3 is 1.72 bits per heavy atom. The van der Waals surface area contributed by atoms with Crippen LogP contribution in [0.1, 0.15) is 95.8 Å². The van der Waals surface area contributed by atoms with Gasteiger partial charge in [0.2, 0.25) is 0 Å². The summed E-state index contributed by atoms with van der Waals surface area (Å²) >= 11 is 0. The van der Waals surface area contributed by atoms with Gasteiger partial charge in [-0.3, -0.25) is 0 Å². The van der Waals surface area contributed by atoms with Crippen LogP contribution in [0.2, 0.25) is 0 Å². The van der Waals surface area contributed by atoms with Crippen molar-refractivity contribution < 1.29 is 12.4 Å². The van der Waals surface area contributed by atoms with Crippen LogP contribution >= 0.6 is 0 Å². The Balaban J connectivity index is 0.00000576. The maximum atomic E-state index is 2.49. The molecule has 25 heavy (non-hydrogen) atoms. The van der Waals surface area contributed by atoms with Gasteiger partial charge in [-0.25, -0.2) is 0 Å². The van der Waals surface area contributed by atoms with E-state index in [1.54, 1.807) is 5.56 Å². The van der Waals surface area contributed by atoms with Gasteiger partial charge in [0.1, 0.15) is 11.0 Å². The zero-order valence-electron chi connectivity index (χ0n) is 17.1. The van der Waals surface area contributed by atoms with Crippen LogP contribution in [0, 0.1) is 5.92 Å². The first kappa shape index (κ1) is 24.9. The number of hydrogen-bond acceptors (Lipinski definition) is 0. The van der Waals surface area contributed by atoms with E-state index in [-0.39, 0.29) is 12.4 Å². The fourth-order valence-electron chi connectivity index (χ4n) is 3.67. The Hall–Kier alpha value is -0.140. The summed E-state index contributed by atoms with van der Waals surface area (Å²) in [6, 6.07) is 11.2. The third-order valence-corrected chi connectivity index (χ3v) is 7.60. The SMILES string of the molecule is CCCCCCCCCCCC[S+](C)C(c1ccccc1)C(C)C.[Cl-]. The zero-order chi connectivity index (χ0) is 17.6. The fraction of sp³-hybridized carbons (Fsp3) is 0.739. The molecule has 0 nitrogen and oxygen atoms in total. The first-order valence-electron chi connectivity index (χ1n) is 10.3. The van der Waals surface area contributed by atoms with Crippen molar-refractivity contribution in [1.82, 2.24) is 0 Å². The standard InChI is InChI=1S/C23H41S.ClH/c1-5-6-7-8-9-10-11-12-13-17-20-24(4)23(21(2)3)22-18-15-14-16-19-22;/h14-16,18-19,21,23H,5-13,17,20H2,1-4H3;1H/q+1;/p-1. The highest BCUT2D eigenvalue weighted by atomic mass is 35.5. The largest absolute Gasteiger partial charge is 1.00 e. The molecule has 0 aliphatic rings. The summed E-state index contributed by atoms with van der Waals surface area (Å²) in [5.41, 5.74) is 1.55. The molecule has 1 aromatic carbocycles. The van der Waals surface area contributed by atoms with Crippen molar-refractivity contribution >= 4 is 10.9 Å². The van der Waals surface area contributed by atoms with E-state index in [0.29, 0.717) is 10.9 Å². The van der Waals surface area contributed by atoms with Crippen molar-refractivity contribution in [2.24, 2.45) is 5.92 Å². The topological polar surface area (TPSA) is 0 Å². The van der Waals surface area contributed by atoms with Crippen LogP contribution in [0.3, 0.4) is 0 Å². The number of halogens is 1. The molecule has 146 valence electrons. The second kappa shape index (κ2) is 16.1. The molecule has 2 heteroatoms. The molecule has 1 rings (SSSR count). The first-order chi connectivity index (χ1) is 11.7. The summed E-state index contributed by atoms with van der Waals surface area (Å²) in [6.07, 6.45) is 16.9. The van der Waals surface area contributed by atoms with Crippen molar-refractivity contribution in [1.29, 1.82) is 0 Å². The molecule has 0 saturated carbocycles. The molecular weight excluding hydrogens is 344 g/mol. The third-order valence-electron chi connectivity index (χ3n) is 4.99. The van der Waals surface area contributed by atoms with Gasteiger partial charge in [0.15, 0.2) is 0 Å². The Bertz CT molecular complexity index is 390. The molecule has 0 N–H and O–H groups in total. The Morgan fingerprint density at radius 2 is 1.24 bits per heavy atom. The minimum Gasteiger partial charge on any atom is -1.00 e. The minimum atomic E-state index is 0. The van der Waals surface area contributed by atoms with Gasteiger partial charge in [-0.15, -0.1) is 0 Å². The summed E-state index contributed by atoms with van der Waals surface area (Å²) in [4.78, 5) is 0. The summed E-state index contributed by atoms with van der Waals surface area (Å²) in [6.45, 7) is 7.07. The lowest BCUT2D eigenvalue weighted by Crippen LogP contribution is -3.00. The molecule has 2 atom stereocenters. The van der Waals surface area contributed by atoms with Crippen LogP contribution in [0.25, 0.3) is 0 Å². The van der Waals surface area contributed by atoms with Crippen LogP contribution < -0.4 is 12.4 Å². The number of rotatable bonds is 14. The number of benzene rings is 1. The second-order valence-corrected chi connectivity index (χ2v) is 9.95. The van der Waals surface area contributed by atoms with Crippen molar-refractivity contribution in [2.75, 3.05) is 12.0 Å². The highest BCUT2D eigenvalue weighted by Crippen LogP contribution is 2.31. The van der Waals surface area contributed by atoms with E-state index < -0.39 is 0 Å². The lowest BCUT2D eigenvalue weighted by Gasteiger charge is -2.20. The van der Waals surface area contributed by atoms with Crippen LogP contribution in [0.15, 0.2) is 30.3 Å². The van der Waals surface area contributed by atoms with Crippen LogP contribution in [0.4, 0.5) is 0 Å². The predicted molar refractivity (Wildman–Crippen MR) is 114 cm³/mol. The fourth-order valence-corrected chi connectivity index (χ4v) is 6.13. The van der Waals surface area contributed by atoms with E-state index in [4.69, 9.17) is 0 Å². The van der Waals surface area contributed by atoms with Crippen molar-refractivity contribution in [3.63, 3.8) is 0 Å². The van der Waals surface area contributed by atoms with Crippen molar-refractivity contribution in [3.05, 3.63) is 35.9 Å². The molecule has 0 aliphatic heterocycles. The molecule has 2 unspecified atom stereocenters. The van der Waals surface area contributed by atoms with Gasteiger partial charge >= 0.3 is 0 Å². The van der Waals surface area contributed by atoms with E-state index in [9.17, 15) is 0 Å². The average Bonchev–Trinajstić information content (AvgIpc) is 2.57. The van der Waals surface area contributed by atoms with E-state index >= 15 is 0 Å². The third kappa shape index (κ3) is 11.2. The van der Waals surface area contributed by atoms with Crippen molar-refractivity contribution in [3.8, 4) is 0 Å². The van der Waals surface area contributed by atoms with Gasteiger partial charge < -0.3 is 12.4 Å². The van der Waals surface area contributed by atoms with Crippen LogP contribution in [0.5, 0.6) is 0 Å². The van der Waals surface area contributed by atoms with Gasteiger partial charge in [0, 0.05) is 11.5 Å². The molecule has 0 radical (unpaired) electrons. The molecule has 0 saturated heterocycles. The number of unbranched alkanes of at least 4 members (excludes halogenated alkanes) is 9. The normalized spacial score (nSPS) is 13.5. The zero-order valence-corrected chi connectivity index (χ0v) is 18.7. The quantitative estimate of drug-likeness (QED) is 0.326. The Labute approximate surface area is 167 Å². The van der Waals surface area contributed by atoms with E-state index in [1.165, 1.54) is 70.0 Å². The van der Waals surface area contributed by atoms with Gasteiger partial charge in [-0.2, -0.15) is 0 Å². The van der Waals surface area contributed by atoms with E-state index in [1.807, 2.05) is 0 Å². The molecule has 0 spiro atoms. The highest BCUT2D eigenvalue weighted by molar-refractivity contribution is 7.96. The van der Waals surface area contributed by atoms with Crippen LogP contribution in [-0.4, -0.2) is 12.0 Å². The maximum absolute atomic E-state index is 2.49. The van der Waals surface area contributed by atoms with E-state index in [0.717, 1.165) is 11.2 Å². The predicted octanol–water partition coefficient (Wildman–Crippen LogP) is 4.56. The molecule has 0 fully saturated rings. The van der Waals surface area contributed by atoms with Gasteiger partial charge in [0.25, 0.3) is 0 Å². The average molecular weight is 385 g/mol. The van der Waals surface area contributed by atoms with Crippen LogP contribution in [-0.2, 0) is 10.9 Å². The highest BCUT2D eigenvalue weighted by Gasteiger charge is 2.30. The monoisotopic (exact) mass is 384 g/mol. The Morgan fingerprint density at radius 1 is 0.760 bits per heavy atom.